The largest absolute Gasteiger partial charge is 0.368 e. The highest BCUT2D eigenvalue weighted by atomic mass is 32.1. The third-order valence-corrected chi connectivity index (χ3v) is 4.91. The molecule has 2 atom stereocenters. The fraction of sp³-hybridized carbons (Fsp3) is 0.786. The maximum absolute atomic E-state index is 5.90. The highest BCUT2D eigenvalue weighted by Crippen LogP contribution is 2.35. The maximum Gasteiger partial charge on any atom is 0.125 e. The zero-order valence-electron chi connectivity index (χ0n) is 12.5. The van der Waals surface area contributed by atoms with Gasteiger partial charge in [0.2, 0.25) is 0 Å². The standard InChI is InChI=1S/C14H26N2OS/c1-7-14(6,17-9-3)13-16-11(5)12(18-13)10(4)15-8-2/h10,15H,7-9H2,1-6H3. The first-order chi connectivity index (χ1) is 8.48. The van der Waals surface area contributed by atoms with Crippen LogP contribution in [0, 0.1) is 6.92 Å². The van der Waals surface area contributed by atoms with Crippen molar-refractivity contribution in [3.63, 3.8) is 0 Å². The summed E-state index contributed by atoms with van der Waals surface area (Å²) in [4.78, 5) is 6.05. The molecule has 18 heavy (non-hydrogen) atoms. The second-order valence-corrected chi connectivity index (χ2v) is 5.80. The third kappa shape index (κ3) is 3.31. The molecule has 0 amide bonds. The van der Waals surface area contributed by atoms with Gasteiger partial charge in [0.05, 0.1) is 5.69 Å². The molecule has 0 saturated heterocycles. The molecule has 0 spiro atoms. The van der Waals surface area contributed by atoms with Gasteiger partial charge in [-0.2, -0.15) is 0 Å². The van der Waals surface area contributed by atoms with Crippen LogP contribution in [0.5, 0.6) is 0 Å². The SMILES string of the molecule is CCNC(C)c1sc(C(C)(CC)OCC)nc1C. The lowest BCUT2D eigenvalue weighted by atomic mass is 10.0. The Morgan fingerprint density at radius 3 is 2.56 bits per heavy atom. The minimum Gasteiger partial charge on any atom is -0.368 e. The Kier molecular flexibility index (Phi) is 5.76. The van der Waals surface area contributed by atoms with Crippen molar-refractivity contribution in [1.29, 1.82) is 0 Å². The Bertz CT molecular complexity index is 378. The molecule has 0 fully saturated rings. The molecule has 0 saturated carbocycles. The Labute approximate surface area is 115 Å². The lowest BCUT2D eigenvalue weighted by Crippen LogP contribution is -2.24. The summed E-state index contributed by atoms with van der Waals surface area (Å²) in [6.07, 6.45) is 0.947. The first-order valence-corrected chi connectivity index (χ1v) is 7.65. The van der Waals surface area contributed by atoms with E-state index in [0.29, 0.717) is 6.04 Å². The van der Waals surface area contributed by atoms with Gasteiger partial charge in [-0.1, -0.05) is 13.8 Å². The van der Waals surface area contributed by atoms with Crippen molar-refractivity contribution in [2.24, 2.45) is 0 Å². The number of hydrogen-bond donors (Lipinski definition) is 1. The molecule has 1 aromatic rings. The zero-order chi connectivity index (χ0) is 13.8. The summed E-state index contributed by atoms with van der Waals surface area (Å²) in [5.74, 6) is 0. The average Bonchev–Trinajstić information content (AvgIpc) is 2.72. The molecular formula is C14H26N2OS. The summed E-state index contributed by atoms with van der Waals surface area (Å²) in [5, 5.41) is 4.55. The van der Waals surface area contributed by atoms with Crippen molar-refractivity contribution in [2.75, 3.05) is 13.2 Å². The highest BCUT2D eigenvalue weighted by molar-refractivity contribution is 7.12. The van der Waals surface area contributed by atoms with Crippen LogP contribution < -0.4 is 5.32 Å². The van der Waals surface area contributed by atoms with Crippen molar-refractivity contribution in [1.82, 2.24) is 10.3 Å². The molecule has 0 radical (unpaired) electrons. The van der Waals surface area contributed by atoms with Gasteiger partial charge in [-0.05, 0) is 40.7 Å². The molecule has 0 aliphatic carbocycles. The van der Waals surface area contributed by atoms with Crippen LogP contribution in [-0.4, -0.2) is 18.1 Å². The van der Waals surface area contributed by atoms with Crippen LogP contribution in [0.1, 0.15) is 62.7 Å². The number of ether oxygens (including phenoxy) is 1. The minimum atomic E-state index is -0.242. The van der Waals surface area contributed by atoms with Crippen LogP contribution in [0.2, 0.25) is 0 Å². The van der Waals surface area contributed by atoms with Crippen molar-refractivity contribution < 1.29 is 4.74 Å². The van der Waals surface area contributed by atoms with Crippen molar-refractivity contribution >= 4 is 11.3 Å². The third-order valence-electron chi connectivity index (χ3n) is 3.33. The van der Waals surface area contributed by atoms with E-state index < -0.39 is 0 Å². The molecule has 0 bridgehead atoms. The lowest BCUT2D eigenvalue weighted by Gasteiger charge is -2.25. The van der Waals surface area contributed by atoms with Crippen LogP contribution >= 0.6 is 11.3 Å². The highest BCUT2D eigenvalue weighted by Gasteiger charge is 2.30. The van der Waals surface area contributed by atoms with Gasteiger partial charge < -0.3 is 10.1 Å². The maximum atomic E-state index is 5.90. The van der Waals surface area contributed by atoms with Gasteiger partial charge in [0.15, 0.2) is 0 Å². The van der Waals surface area contributed by atoms with Crippen LogP contribution in [0.25, 0.3) is 0 Å². The number of hydrogen-bond acceptors (Lipinski definition) is 4. The summed E-state index contributed by atoms with van der Waals surface area (Å²) in [5.41, 5.74) is 0.886. The van der Waals surface area contributed by atoms with Crippen LogP contribution in [0.3, 0.4) is 0 Å². The fourth-order valence-corrected chi connectivity index (χ4v) is 3.33. The first kappa shape index (κ1) is 15.6. The second-order valence-electron chi connectivity index (χ2n) is 4.77. The number of rotatable bonds is 7. The Morgan fingerprint density at radius 2 is 2.06 bits per heavy atom. The summed E-state index contributed by atoms with van der Waals surface area (Å²) in [6, 6.07) is 0.365. The van der Waals surface area contributed by atoms with Crippen LogP contribution in [-0.2, 0) is 10.3 Å². The molecule has 0 aliphatic rings. The van der Waals surface area contributed by atoms with Gasteiger partial charge in [-0.25, -0.2) is 4.98 Å². The molecule has 0 aromatic carbocycles. The fourth-order valence-electron chi connectivity index (χ4n) is 2.07. The van der Waals surface area contributed by atoms with E-state index in [1.807, 2.05) is 6.92 Å². The summed E-state index contributed by atoms with van der Waals surface area (Å²) in [6.45, 7) is 14.4. The van der Waals surface area contributed by atoms with E-state index in [0.717, 1.165) is 30.3 Å². The summed E-state index contributed by atoms with van der Waals surface area (Å²) < 4.78 is 5.90. The summed E-state index contributed by atoms with van der Waals surface area (Å²) in [7, 11) is 0. The Morgan fingerprint density at radius 1 is 1.39 bits per heavy atom. The molecule has 2 unspecified atom stereocenters. The number of nitrogens with one attached hydrogen (secondary N) is 1. The number of thiazole rings is 1. The van der Waals surface area contributed by atoms with Crippen molar-refractivity contribution in [2.45, 2.75) is 59.6 Å². The van der Waals surface area contributed by atoms with E-state index in [-0.39, 0.29) is 5.60 Å². The first-order valence-electron chi connectivity index (χ1n) is 6.83. The molecule has 1 N–H and O–H groups in total. The van der Waals surface area contributed by atoms with Gasteiger partial charge in [0, 0.05) is 17.5 Å². The lowest BCUT2D eigenvalue weighted by molar-refractivity contribution is -0.0325. The Hall–Kier alpha value is -0.450. The topological polar surface area (TPSA) is 34.1 Å². The van der Waals surface area contributed by atoms with Crippen molar-refractivity contribution in [3.8, 4) is 0 Å². The molecule has 104 valence electrons. The van der Waals surface area contributed by atoms with Gasteiger partial charge >= 0.3 is 0 Å². The average molecular weight is 270 g/mol. The van der Waals surface area contributed by atoms with E-state index in [1.54, 1.807) is 11.3 Å². The number of nitrogens with zero attached hydrogens (tertiary/aromatic N) is 1. The van der Waals surface area contributed by atoms with E-state index in [4.69, 9.17) is 9.72 Å². The second kappa shape index (κ2) is 6.64. The quantitative estimate of drug-likeness (QED) is 0.818. The van der Waals surface area contributed by atoms with E-state index in [9.17, 15) is 0 Å². The Balaban J connectivity index is 3.01. The van der Waals surface area contributed by atoms with Crippen LogP contribution in [0.15, 0.2) is 0 Å². The van der Waals surface area contributed by atoms with Gasteiger partial charge in [0.25, 0.3) is 0 Å². The number of aryl methyl sites for hydroxylation is 1. The van der Waals surface area contributed by atoms with Crippen molar-refractivity contribution in [3.05, 3.63) is 15.6 Å². The molecule has 1 aromatic heterocycles. The molecule has 1 rings (SSSR count). The van der Waals surface area contributed by atoms with Gasteiger partial charge in [0.1, 0.15) is 10.6 Å². The molecule has 1 heterocycles. The summed E-state index contributed by atoms with van der Waals surface area (Å²) >= 11 is 1.78. The predicted molar refractivity (Wildman–Crippen MR) is 78.2 cm³/mol. The zero-order valence-corrected chi connectivity index (χ0v) is 13.3. The van der Waals surface area contributed by atoms with Gasteiger partial charge in [-0.15, -0.1) is 11.3 Å². The smallest absolute Gasteiger partial charge is 0.125 e. The minimum absolute atomic E-state index is 0.242. The van der Waals surface area contributed by atoms with Gasteiger partial charge in [-0.3, -0.25) is 0 Å². The van der Waals surface area contributed by atoms with Crippen LogP contribution in [0.4, 0.5) is 0 Å². The molecule has 3 nitrogen and oxygen atoms in total. The molecular weight excluding hydrogens is 244 g/mol. The molecule has 4 heteroatoms. The predicted octanol–water partition coefficient (Wildman–Crippen LogP) is 3.78. The molecule has 0 aliphatic heterocycles. The van der Waals surface area contributed by atoms with E-state index in [2.05, 4.69) is 39.9 Å². The number of aromatic nitrogens is 1. The monoisotopic (exact) mass is 270 g/mol. The van der Waals surface area contributed by atoms with E-state index in [1.165, 1.54) is 4.88 Å². The normalized spacial score (nSPS) is 16.6. The van der Waals surface area contributed by atoms with E-state index >= 15 is 0 Å².